The van der Waals surface area contributed by atoms with Crippen LogP contribution in [0.1, 0.15) is 10.4 Å². The van der Waals surface area contributed by atoms with Crippen molar-refractivity contribution in [2.45, 2.75) is 0 Å². The van der Waals surface area contributed by atoms with Crippen LogP contribution in [0.5, 0.6) is 0 Å². The van der Waals surface area contributed by atoms with Crippen LogP contribution in [-0.2, 0) is 0 Å². The minimum absolute atomic E-state index is 0.122. The van der Waals surface area contributed by atoms with E-state index in [1.807, 2.05) is 6.07 Å². The van der Waals surface area contributed by atoms with Gasteiger partial charge in [0.2, 0.25) is 5.89 Å². The molecule has 0 bridgehead atoms. The first-order chi connectivity index (χ1) is 7.31. The Morgan fingerprint density at radius 3 is 3.00 bits per heavy atom. The van der Waals surface area contributed by atoms with E-state index in [1.54, 1.807) is 31.4 Å². The Morgan fingerprint density at radius 1 is 1.47 bits per heavy atom. The first-order valence-corrected chi connectivity index (χ1v) is 4.53. The fourth-order valence-electron chi connectivity index (χ4n) is 1.30. The summed E-state index contributed by atoms with van der Waals surface area (Å²) in [7, 11) is 1.60. The Balaban J connectivity index is 2.39. The molecular weight excluding hydrogens is 192 g/mol. The lowest BCUT2D eigenvalue weighted by Crippen LogP contribution is -2.17. The summed E-state index contributed by atoms with van der Waals surface area (Å²) < 4.78 is 5.15. The first kappa shape index (κ1) is 9.45. The number of aromatic nitrogens is 1. The molecule has 0 spiro atoms. The average molecular weight is 202 g/mol. The van der Waals surface area contributed by atoms with Gasteiger partial charge in [0, 0.05) is 18.2 Å². The number of rotatable bonds is 2. The number of benzene rings is 1. The predicted molar refractivity (Wildman–Crippen MR) is 55.3 cm³/mol. The van der Waals surface area contributed by atoms with Crippen molar-refractivity contribution in [1.82, 2.24) is 10.3 Å². The molecule has 1 aromatic heterocycles. The summed E-state index contributed by atoms with van der Waals surface area (Å²) in [5, 5.41) is 2.56. The van der Waals surface area contributed by atoms with Crippen molar-refractivity contribution in [3.05, 3.63) is 42.3 Å². The van der Waals surface area contributed by atoms with Crippen LogP contribution in [0.2, 0.25) is 0 Å². The van der Waals surface area contributed by atoms with Gasteiger partial charge < -0.3 is 9.73 Å². The number of oxazole rings is 1. The highest BCUT2D eigenvalue weighted by Crippen LogP contribution is 2.17. The maximum atomic E-state index is 11.4. The van der Waals surface area contributed by atoms with Crippen LogP contribution in [-0.4, -0.2) is 17.9 Å². The zero-order chi connectivity index (χ0) is 10.7. The van der Waals surface area contributed by atoms with Gasteiger partial charge in [0.05, 0.1) is 6.20 Å². The van der Waals surface area contributed by atoms with Crippen LogP contribution in [0.3, 0.4) is 0 Å². The lowest BCUT2D eigenvalue weighted by Gasteiger charge is -2.00. The second-order valence-electron chi connectivity index (χ2n) is 3.00. The van der Waals surface area contributed by atoms with Crippen molar-refractivity contribution in [3.63, 3.8) is 0 Å². The minimum atomic E-state index is -0.122. The molecule has 0 fully saturated rings. The SMILES string of the molecule is CNC(=O)c1cccc(-c2ncco2)c1. The molecule has 0 radical (unpaired) electrons. The minimum Gasteiger partial charge on any atom is -0.445 e. The van der Waals surface area contributed by atoms with Gasteiger partial charge in [0.1, 0.15) is 6.26 Å². The number of nitrogens with zero attached hydrogens (tertiary/aromatic N) is 1. The summed E-state index contributed by atoms with van der Waals surface area (Å²) in [6.45, 7) is 0. The molecule has 0 aliphatic rings. The zero-order valence-corrected chi connectivity index (χ0v) is 8.23. The summed E-state index contributed by atoms with van der Waals surface area (Å²) in [6.07, 6.45) is 3.07. The van der Waals surface area contributed by atoms with Gasteiger partial charge in [0.25, 0.3) is 5.91 Å². The Bertz CT molecular complexity index is 463. The quantitative estimate of drug-likeness (QED) is 0.806. The van der Waals surface area contributed by atoms with Gasteiger partial charge in [-0.15, -0.1) is 0 Å². The highest BCUT2D eigenvalue weighted by Gasteiger charge is 2.06. The molecule has 0 saturated heterocycles. The highest BCUT2D eigenvalue weighted by atomic mass is 16.3. The van der Waals surface area contributed by atoms with Gasteiger partial charge in [-0.2, -0.15) is 0 Å². The Kier molecular flexibility index (Phi) is 2.49. The summed E-state index contributed by atoms with van der Waals surface area (Å²) in [5.41, 5.74) is 1.38. The maximum absolute atomic E-state index is 11.4. The van der Waals surface area contributed by atoms with Crippen LogP contribution in [0.4, 0.5) is 0 Å². The van der Waals surface area contributed by atoms with Crippen molar-refractivity contribution in [3.8, 4) is 11.5 Å². The molecule has 0 aliphatic heterocycles. The molecule has 4 heteroatoms. The number of nitrogens with one attached hydrogen (secondary N) is 1. The van der Waals surface area contributed by atoms with Crippen LogP contribution in [0, 0.1) is 0 Å². The van der Waals surface area contributed by atoms with Crippen molar-refractivity contribution in [2.75, 3.05) is 7.05 Å². The first-order valence-electron chi connectivity index (χ1n) is 4.53. The smallest absolute Gasteiger partial charge is 0.251 e. The van der Waals surface area contributed by atoms with Crippen molar-refractivity contribution in [2.24, 2.45) is 0 Å². The molecule has 1 amide bonds. The van der Waals surface area contributed by atoms with Gasteiger partial charge in [-0.05, 0) is 18.2 Å². The van der Waals surface area contributed by atoms with E-state index >= 15 is 0 Å². The second kappa shape index (κ2) is 3.96. The summed E-state index contributed by atoms with van der Waals surface area (Å²) in [4.78, 5) is 15.4. The largest absolute Gasteiger partial charge is 0.445 e. The average Bonchev–Trinajstić information content (AvgIpc) is 2.82. The van der Waals surface area contributed by atoms with E-state index < -0.39 is 0 Å². The molecule has 1 heterocycles. The summed E-state index contributed by atoms with van der Waals surface area (Å²) in [5.74, 6) is 0.393. The van der Waals surface area contributed by atoms with E-state index in [4.69, 9.17) is 4.42 Å². The van der Waals surface area contributed by atoms with E-state index in [-0.39, 0.29) is 5.91 Å². The Labute approximate surface area is 86.9 Å². The fraction of sp³-hybridized carbons (Fsp3) is 0.0909. The van der Waals surface area contributed by atoms with Gasteiger partial charge in [-0.25, -0.2) is 4.98 Å². The molecular formula is C11H10N2O2. The molecule has 0 aliphatic carbocycles. The maximum Gasteiger partial charge on any atom is 0.251 e. The van der Waals surface area contributed by atoms with Crippen LogP contribution in [0.25, 0.3) is 11.5 Å². The lowest BCUT2D eigenvalue weighted by molar-refractivity contribution is 0.0963. The predicted octanol–water partition coefficient (Wildman–Crippen LogP) is 1.70. The molecule has 0 atom stereocenters. The summed E-state index contributed by atoms with van der Waals surface area (Å²) in [6, 6.07) is 7.12. The molecule has 1 aromatic carbocycles. The number of hydrogen-bond donors (Lipinski definition) is 1. The van der Waals surface area contributed by atoms with Crippen LogP contribution >= 0.6 is 0 Å². The standard InChI is InChI=1S/C11H10N2O2/c1-12-10(14)8-3-2-4-9(7-8)11-13-5-6-15-11/h2-7H,1H3,(H,12,14). The van der Waals surface area contributed by atoms with Gasteiger partial charge in [-0.3, -0.25) is 4.79 Å². The van der Waals surface area contributed by atoms with E-state index in [1.165, 1.54) is 6.26 Å². The molecule has 76 valence electrons. The number of amides is 1. The third kappa shape index (κ3) is 1.88. The highest BCUT2D eigenvalue weighted by molar-refractivity contribution is 5.94. The van der Waals surface area contributed by atoms with Gasteiger partial charge in [-0.1, -0.05) is 6.07 Å². The Hall–Kier alpha value is -2.10. The van der Waals surface area contributed by atoms with Crippen molar-refractivity contribution >= 4 is 5.91 Å². The third-order valence-electron chi connectivity index (χ3n) is 2.03. The van der Waals surface area contributed by atoms with Crippen LogP contribution < -0.4 is 5.32 Å². The molecule has 2 rings (SSSR count). The summed E-state index contributed by atoms with van der Waals surface area (Å²) >= 11 is 0. The van der Waals surface area contributed by atoms with Gasteiger partial charge in [0.15, 0.2) is 0 Å². The third-order valence-corrected chi connectivity index (χ3v) is 2.03. The van der Waals surface area contributed by atoms with Crippen molar-refractivity contribution < 1.29 is 9.21 Å². The number of carbonyl (C=O) groups is 1. The molecule has 4 nitrogen and oxygen atoms in total. The molecule has 15 heavy (non-hydrogen) atoms. The van der Waals surface area contributed by atoms with E-state index in [0.717, 1.165) is 5.56 Å². The molecule has 0 unspecified atom stereocenters. The van der Waals surface area contributed by atoms with E-state index in [2.05, 4.69) is 10.3 Å². The van der Waals surface area contributed by atoms with Crippen LogP contribution in [0.15, 0.2) is 41.1 Å². The topological polar surface area (TPSA) is 55.1 Å². The number of hydrogen-bond acceptors (Lipinski definition) is 3. The van der Waals surface area contributed by atoms with Crippen molar-refractivity contribution in [1.29, 1.82) is 0 Å². The van der Waals surface area contributed by atoms with E-state index in [0.29, 0.717) is 11.5 Å². The van der Waals surface area contributed by atoms with Gasteiger partial charge >= 0.3 is 0 Å². The molecule has 2 aromatic rings. The second-order valence-corrected chi connectivity index (χ2v) is 3.00. The fourth-order valence-corrected chi connectivity index (χ4v) is 1.30. The normalized spacial score (nSPS) is 9.93. The van der Waals surface area contributed by atoms with E-state index in [9.17, 15) is 4.79 Å². The molecule has 1 N–H and O–H groups in total. The lowest BCUT2D eigenvalue weighted by atomic mass is 10.1. The zero-order valence-electron chi connectivity index (χ0n) is 8.23. The monoisotopic (exact) mass is 202 g/mol. The molecule has 0 saturated carbocycles. The number of carbonyl (C=O) groups excluding carboxylic acids is 1. The Morgan fingerprint density at radius 2 is 2.33 bits per heavy atom.